The molecule has 1 amide bonds. The summed E-state index contributed by atoms with van der Waals surface area (Å²) in [5, 5.41) is 3.16. The van der Waals surface area contributed by atoms with Gasteiger partial charge in [0.25, 0.3) is 0 Å². The number of carbonyl (C=O) groups excluding carboxylic acids is 1. The second-order valence-electron chi connectivity index (χ2n) is 9.43. The Morgan fingerprint density at radius 1 is 1.03 bits per heavy atom. The van der Waals surface area contributed by atoms with Gasteiger partial charge < -0.3 is 14.8 Å². The van der Waals surface area contributed by atoms with E-state index >= 15 is 0 Å². The number of imidazole rings is 1. The Hall–Kier alpha value is -3.67. The number of nitrogens with one attached hydrogen (secondary N) is 1. The van der Waals surface area contributed by atoms with Crippen LogP contribution in [0.3, 0.4) is 0 Å². The van der Waals surface area contributed by atoms with E-state index in [0.29, 0.717) is 13.1 Å². The van der Waals surface area contributed by atoms with Gasteiger partial charge in [-0.05, 0) is 54.2 Å². The first-order valence-corrected chi connectivity index (χ1v) is 12.4. The quantitative estimate of drug-likeness (QED) is 0.396. The molecule has 4 aromatic rings. The topological polar surface area (TPSA) is 50.2 Å². The number of rotatable bonds is 7. The second kappa shape index (κ2) is 10.3. The van der Waals surface area contributed by atoms with Crippen LogP contribution in [0, 0.1) is 11.7 Å². The average Bonchev–Trinajstić information content (AvgIpc) is 3.26. The van der Waals surface area contributed by atoms with Crippen LogP contribution in [0.5, 0.6) is 0 Å². The minimum absolute atomic E-state index is 0.00951. The smallest absolute Gasteiger partial charge is 0.223 e. The zero-order chi connectivity index (χ0) is 24.2. The highest BCUT2D eigenvalue weighted by molar-refractivity contribution is 5.80. The molecule has 0 saturated carbocycles. The van der Waals surface area contributed by atoms with E-state index in [9.17, 15) is 9.18 Å². The number of hydrogen-bond acceptors (Lipinski definition) is 3. The van der Waals surface area contributed by atoms with Crippen LogP contribution in [0.2, 0.25) is 0 Å². The molecule has 3 aromatic carbocycles. The fourth-order valence-electron chi connectivity index (χ4n) is 4.92. The molecule has 180 valence electrons. The van der Waals surface area contributed by atoms with Gasteiger partial charge in [-0.1, -0.05) is 61.5 Å². The largest absolute Gasteiger partial charge is 0.355 e. The molecule has 1 aliphatic heterocycles. The molecule has 2 heterocycles. The van der Waals surface area contributed by atoms with Crippen molar-refractivity contribution in [3.8, 4) is 0 Å². The van der Waals surface area contributed by atoms with Crippen LogP contribution in [0.15, 0.2) is 78.9 Å². The van der Waals surface area contributed by atoms with E-state index in [1.807, 2.05) is 42.5 Å². The third-order valence-corrected chi connectivity index (χ3v) is 6.96. The zero-order valence-electron chi connectivity index (χ0n) is 20.0. The number of anilines is 1. The highest BCUT2D eigenvalue weighted by Gasteiger charge is 2.28. The van der Waals surface area contributed by atoms with Gasteiger partial charge in [0.05, 0.1) is 17.6 Å². The van der Waals surface area contributed by atoms with Gasteiger partial charge >= 0.3 is 0 Å². The molecule has 0 bridgehead atoms. The Morgan fingerprint density at radius 2 is 1.77 bits per heavy atom. The van der Waals surface area contributed by atoms with Crippen molar-refractivity contribution in [2.75, 3.05) is 24.5 Å². The summed E-state index contributed by atoms with van der Waals surface area (Å²) in [6.45, 7) is 4.86. The van der Waals surface area contributed by atoms with E-state index in [1.54, 1.807) is 12.1 Å². The van der Waals surface area contributed by atoms with Crippen LogP contribution < -0.4 is 10.2 Å². The maximum Gasteiger partial charge on any atom is 0.223 e. The number of halogens is 1. The summed E-state index contributed by atoms with van der Waals surface area (Å²) >= 11 is 0. The standard InChI is InChI=1S/C29H31FN4O/c1-21(23-9-3-2-4-10-23)19-31-28(35)24-14-16-33(17-15-24)29-32-26-12-5-6-13-27(26)34(29)20-22-8-7-11-25(30)18-22/h2-13,18,21,24H,14-17,19-20H2,1H3,(H,31,35). The first-order valence-electron chi connectivity index (χ1n) is 12.4. The maximum absolute atomic E-state index is 13.8. The third kappa shape index (κ3) is 5.21. The average molecular weight is 471 g/mol. The molecule has 5 rings (SSSR count). The number of benzene rings is 3. The van der Waals surface area contributed by atoms with Crippen molar-refractivity contribution in [3.05, 3.63) is 95.8 Å². The van der Waals surface area contributed by atoms with Crippen LogP contribution in [0.4, 0.5) is 10.3 Å². The number of nitrogens with zero attached hydrogens (tertiary/aromatic N) is 3. The fraction of sp³-hybridized carbons (Fsp3) is 0.310. The zero-order valence-corrected chi connectivity index (χ0v) is 20.0. The van der Waals surface area contributed by atoms with E-state index in [2.05, 4.69) is 39.9 Å². The van der Waals surface area contributed by atoms with E-state index in [4.69, 9.17) is 4.98 Å². The molecular formula is C29H31FN4O. The van der Waals surface area contributed by atoms with Crippen LogP contribution in [0.25, 0.3) is 11.0 Å². The lowest BCUT2D eigenvalue weighted by molar-refractivity contribution is -0.125. The Bertz CT molecular complexity index is 1290. The predicted molar refractivity (Wildman–Crippen MR) is 138 cm³/mol. The lowest BCUT2D eigenvalue weighted by Gasteiger charge is -2.32. The number of hydrogen-bond donors (Lipinski definition) is 1. The molecule has 0 spiro atoms. The van der Waals surface area contributed by atoms with Gasteiger partial charge in [-0.15, -0.1) is 0 Å². The summed E-state index contributed by atoms with van der Waals surface area (Å²) in [5.74, 6) is 1.08. The van der Waals surface area contributed by atoms with Crippen LogP contribution in [-0.4, -0.2) is 35.1 Å². The summed E-state index contributed by atoms with van der Waals surface area (Å²) in [7, 11) is 0. The molecule has 0 aliphatic carbocycles. The second-order valence-corrected chi connectivity index (χ2v) is 9.43. The summed E-state index contributed by atoms with van der Waals surface area (Å²) in [4.78, 5) is 20.0. The van der Waals surface area contributed by atoms with Crippen molar-refractivity contribution in [2.24, 2.45) is 5.92 Å². The van der Waals surface area contributed by atoms with Crippen LogP contribution in [-0.2, 0) is 11.3 Å². The Morgan fingerprint density at radius 3 is 2.54 bits per heavy atom. The van der Waals surface area contributed by atoms with Gasteiger partial charge in [-0.25, -0.2) is 9.37 Å². The molecule has 1 unspecified atom stereocenters. The molecule has 1 N–H and O–H groups in total. The summed E-state index contributed by atoms with van der Waals surface area (Å²) in [6, 6.07) is 25.1. The molecule has 1 atom stereocenters. The molecule has 0 radical (unpaired) electrons. The molecule has 1 aromatic heterocycles. The van der Waals surface area contributed by atoms with Gasteiger partial charge in [-0.3, -0.25) is 4.79 Å². The van der Waals surface area contributed by atoms with E-state index in [1.165, 1.54) is 11.6 Å². The SMILES string of the molecule is CC(CNC(=O)C1CCN(c2nc3ccccc3n2Cc2cccc(F)c2)CC1)c1ccccc1. The molecular weight excluding hydrogens is 439 g/mol. The van der Waals surface area contributed by atoms with E-state index in [0.717, 1.165) is 48.5 Å². The predicted octanol–water partition coefficient (Wildman–Crippen LogP) is 5.36. The number of fused-ring (bicyclic) bond motifs is 1. The Balaban J connectivity index is 1.25. The first kappa shape index (κ1) is 23.1. The van der Waals surface area contributed by atoms with Gasteiger partial charge in [0, 0.05) is 25.6 Å². The fourth-order valence-corrected chi connectivity index (χ4v) is 4.92. The molecule has 1 fully saturated rings. The molecule has 1 aliphatic rings. The lowest BCUT2D eigenvalue weighted by Crippen LogP contribution is -2.42. The highest BCUT2D eigenvalue weighted by atomic mass is 19.1. The summed E-state index contributed by atoms with van der Waals surface area (Å²) in [6.07, 6.45) is 1.57. The van der Waals surface area contributed by atoms with Gasteiger partial charge in [0.15, 0.2) is 0 Å². The number of carbonyl (C=O) groups is 1. The van der Waals surface area contributed by atoms with Crippen molar-refractivity contribution in [2.45, 2.75) is 32.2 Å². The molecule has 6 heteroatoms. The minimum Gasteiger partial charge on any atom is -0.355 e. The van der Waals surface area contributed by atoms with Crippen LogP contribution >= 0.6 is 0 Å². The van der Waals surface area contributed by atoms with Crippen molar-refractivity contribution < 1.29 is 9.18 Å². The van der Waals surface area contributed by atoms with Gasteiger partial charge in [0.2, 0.25) is 11.9 Å². The Labute approximate surface area is 205 Å². The number of aromatic nitrogens is 2. The van der Waals surface area contributed by atoms with Crippen molar-refractivity contribution >= 4 is 22.9 Å². The number of para-hydroxylation sites is 2. The first-order chi connectivity index (χ1) is 17.1. The van der Waals surface area contributed by atoms with Gasteiger partial charge in [-0.2, -0.15) is 0 Å². The molecule has 1 saturated heterocycles. The normalized spacial score (nSPS) is 15.3. The summed E-state index contributed by atoms with van der Waals surface area (Å²) < 4.78 is 16.0. The highest BCUT2D eigenvalue weighted by Crippen LogP contribution is 2.28. The van der Waals surface area contributed by atoms with Crippen molar-refractivity contribution in [1.82, 2.24) is 14.9 Å². The van der Waals surface area contributed by atoms with Crippen molar-refractivity contribution in [3.63, 3.8) is 0 Å². The van der Waals surface area contributed by atoms with Crippen molar-refractivity contribution in [1.29, 1.82) is 0 Å². The number of amides is 1. The van der Waals surface area contributed by atoms with E-state index < -0.39 is 0 Å². The maximum atomic E-state index is 13.8. The monoisotopic (exact) mass is 470 g/mol. The minimum atomic E-state index is -0.234. The van der Waals surface area contributed by atoms with Gasteiger partial charge in [0.1, 0.15) is 5.82 Å². The molecule has 35 heavy (non-hydrogen) atoms. The third-order valence-electron chi connectivity index (χ3n) is 6.96. The number of piperidine rings is 1. The summed E-state index contributed by atoms with van der Waals surface area (Å²) in [5.41, 5.74) is 4.09. The van der Waals surface area contributed by atoms with Crippen LogP contribution in [0.1, 0.15) is 36.8 Å². The van der Waals surface area contributed by atoms with E-state index in [-0.39, 0.29) is 23.6 Å². The lowest BCUT2D eigenvalue weighted by atomic mass is 9.95. The molecule has 5 nitrogen and oxygen atoms in total. The Kier molecular flexibility index (Phi) is 6.80.